The maximum Gasteiger partial charge on any atom is 0.278 e. The first-order valence-corrected chi connectivity index (χ1v) is 9.80. The zero-order valence-corrected chi connectivity index (χ0v) is 15.9. The number of sulfonamides is 1. The number of nitrogen functional groups attached to an aromatic ring is 1. The van der Waals surface area contributed by atoms with Crippen LogP contribution in [0, 0.1) is 6.92 Å². The molecular weight excluding hydrogens is 392 g/mol. The van der Waals surface area contributed by atoms with Crippen molar-refractivity contribution in [3.8, 4) is 17.0 Å². The molecule has 0 aliphatic carbocycles. The molecule has 0 bridgehead atoms. The van der Waals surface area contributed by atoms with Crippen LogP contribution in [0.5, 0.6) is 5.88 Å². The van der Waals surface area contributed by atoms with Crippen LogP contribution in [-0.4, -0.2) is 31.9 Å². The number of hydrogen-bond donors (Lipinski definition) is 2. The van der Waals surface area contributed by atoms with E-state index >= 15 is 0 Å². The lowest BCUT2D eigenvalue weighted by atomic mass is 10.1. The molecule has 0 atom stereocenters. The molecule has 0 spiro atoms. The van der Waals surface area contributed by atoms with Gasteiger partial charge in [-0.2, -0.15) is 0 Å². The smallest absolute Gasteiger partial charge is 0.278 e. The van der Waals surface area contributed by atoms with E-state index in [9.17, 15) is 8.42 Å². The summed E-state index contributed by atoms with van der Waals surface area (Å²) in [5.74, 6) is 0.221. The summed E-state index contributed by atoms with van der Waals surface area (Å²) in [4.78, 5) is -0.0175. The number of rotatable bonds is 7. The fraction of sp³-hybridized carbons (Fsp3) is 0.176. The lowest BCUT2D eigenvalue weighted by Crippen LogP contribution is -2.28. The van der Waals surface area contributed by atoms with E-state index in [2.05, 4.69) is 19.7 Å². The Bertz CT molecular complexity index is 1050. The van der Waals surface area contributed by atoms with Crippen LogP contribution < -0.4 is 15.2 Å². The third-order valence-corrected chi connectivity index (χ3v) is 5.63. The van der Waals surface area contributed by atoms with Crippen LogP contribution in [0.3, 0.4) is 0 Å². The molecule has 0 aliphatic heterocycles. The second-order valence-electron chi connectivity index (χ2n) is 5.67. The Kier molecular flexibility index (Phi) is 5.64. The minimum Gasteiger partial charge on any atom is -0.473 e. The van der Waals surface area contributed by atoms with Crippen LogP contribution in [-0.2, 0) is 10.0 Å². The first-order valence-electron chi connectivity index (χ1n) is 7.94. The first kappa shape index (κ1) is 19.2. The molecule has 3 aromatic rings. The maximum atomic E-state index is 12.5. The van der Waals surface area contributed by atoms with Gasteiger partial charge in [-0.15, -0.1) is 0 Å². The van der Waals surface area contributed by atoms with Gasteiger partial charge in [0.25, 0.3) is 5.88 Å². The molecule has 3 rings (SSSR count). The number of nitrogens with two attached hydrogens (primary N) is 1. The fourth-order valence-electron chi connectivity index (χ4n) is 2.37. The molecule has 2 aromatic carbocycles. The van der Waals surface area contributed by atoms with E-state index in [-0.39, 0.29) is 28.9 Å². The SMILES string of the molecule is Cc1nonc1OCCNS(=O)(=O)c1ccc(-c2cccc(N)c2)cc1Cl. The third-order valence-electron chi connectivity index (χ3n) is 3.69. The second kappa shape index (κ2) is 7.95. The van der Waals surface area contributed by atoms with Crippen molar-refractivity contribution >= 4 is 27.3 Å². The molecule has 3 N–H and O–H groups in total. The number of benzene rings is 2. The normalized spacial score (nSPS) is 11.5. The van der Waals surface area contributed by atoms with Crippen molar-refractivity contribution in [2.45, 2.75) is 11.8 Å². The van der Waals surface area contributed by atoms with Gasteiger partial charge in [0.2, 0.25) is 10.0 Å². The maximum absolute atomic E-state index is 12.5. The van der Waals surface area contributed by atoms with Crippen LogP contribution in [0.15, 0.2) is 52.0 Å². The van der Waals surface area contributed by atoms with E-state index in [1.807, 2.05) is 12.1 Å². The summed E-state index contributed by atoms with van der Waals surface area (Å²) >= 11 is 6.21. The average Bonchev–Trinajstić information content (AvgIpc) is 3.03. The van der Waals surface area contributed by atoms with Crippen LogP contribution in [0.2, 0.25) is 5.02 Å². The Morgan fingerprint density at radius 1 is 1.19 bits per heavy atom. The lowest BCUT2D eigenvalue weighted by Gasteiger charge is -2.10. The van der Waals surface area contributed by atoms with E-state index in [0.29, 0.717) is 11.4 Å². The topological polar surface area (TPSA) is 120 Å². The molecule has 0 radical (unpaired) electrons. The lowest BCUT2D eigenvalue weighted by molar-refractivity contribution is 0.258. The average molecular weight is 409 g/mol. The Morgan fingerprint density at radius 3 is 2.63 bits per heavy atom. The Balaban J connectivity index is 1.68. The number of nitrogens with one attached hydrogen (secondary N) is 1. The van der Waals surface area contributed by atoms with Crippen molar-refractivity contribution in [2.24, 2.45) is 0 Å². The van der Waals surface area contributed by atoms with Gasteiger partial charge in [-0.1, -0.05) is 35.0 Å². The summed E-state index contributed by atoms with van der Waals surface area (Å²) in [5, 5.41) is 7.23. The number of hydrogen-bond acceptors (Lipinski definition) is 7. The Hall–Kier alpha value is -2.62. The van der Waals surface area contributed by atoms with Gasteiger partial charge in [0.15, 0.2) is 0 Å². The quantitative estimate of drug-likeness (QED) is 0.455. The summed E-state index contributed by atoms with van der Waals surface area (Å²) in [5.41, 5.74) is 8.49. The van der Waals surface area contributed by atoms with E-state index in [4.69, 9.17) is 22.1 Å². The van der Waals surface area contributed by atoms with Gasteiger partial charge in [0.1, 0.15) is 17.2 Å². The van der Waals surface area contributed by atoms with Crippen molar-refractivity contribution in [3.63, 3.8) is 0 Å². The third kappa shape index (κ3) is 4.57. The number of anilines is 1. The molecule has 0 unspecified atom stereocenters. The molecule has 1 heterocycles. The van der Waals surface area contributed by atoms with Gasteiger partial charge < -0.3 is 10.5 Å². The zero-order valence-electron chi connectivity index (χ0n) is 14.3. The number of nitrogens with zero attached hydrogens (tertiary/aromatic N) is 2. The highest BCUT2D eigenvalue weighted by molar-refractivity contribution is 7.89. The van der Waals surface area contributed by atoms with Gasteiger partial charge in [-0.05, 0) is 47.5 Å². The van der Waals surface area contributed by atoms with Crippen molar-refractivity contribution in [1.82, 2.24) is 15.0 Å². The van der Waals surface area contributed by atoms with Gasteiger partial charge in [-0.3, -0.25) is 0 Å². The van der Waals surface area contributed by atoms with Crippen molar-refractivity contribution in [3.05, 3.63) is 53.2 Å². The van der Waals surface area contributed by atoms with Gasteiger partial charge in [-0.25, -0.2) is 17.8 Å². The molecule has 8 nitrogen and oxygen atoms in total. The first-order chi connectivity index (χ1) is 12.9. The molecule has 1 aromatic heterocycles. The number of ether oxygens (including phenoxy) is 1. The van der Waals surface area contributed by atoms with E-state index in [0.717, 1.165) is 11.1 Å². The molecule has 0 saturated heterocycles. The van der Waals surface area contributed by atoms with Gasteiger partial charge >= 0.3 is 0 Å². The van der Waals surface area contributed by atoms with E-state index in [1.165, 1.54) is 6.07 Å². The van der Waals surface area contributed by atoms with E-state index < -0.39 is 10.0 Å². The van der Waals surface area contributed by atoms with Crippen LogP contribution in [0.1, 0.15) is 5.69 Å². The minimum atomic E-state index is -3.80. The van der Waals surface area contributed by atoms with Crippen molar-refractivity contribution < 1.29 is 17.8 Å². The fourth-order valence-corrected chi connectivity index (χ4v) is 3.93. The van der Waals surface area contributed by atoms with E-state index in [1.54, 1.807) is 31.2 Å². The molecule has 0 aliphatic rings. The molecule has 10 heteroatoms. The largest absolute Gasteiger partial charge is 0.473 e. The summed E-state index contributed by atoms with van der Waals surface area (Å²) in [6.45, 7) is 1.76. The Morgan fingerprint density at radius 2 is 1.96 bits per heavy atom. The van der Waals surface area contributed by atoms with Gasteiger partial charge in [0, 0.05) is 12.2 Å². The number of aryl methyl sites for hydroxylation is 1. The summed E-state index contributed by atoms with van der Waals surface area (Å²) < 4.78 is 37.1. The monoisotopic (exact) mass is 408 g/mol. The highest BCUT2D eigenvalue weighted by Gasteiger charge is 2.18. The molecule has 142 valence electrons. The number of halogens is 1. The van der Waals surface area contributed by atoms with Crippen molar-refractivity contribution in [1.29, 1.82) is 0 Å². The standard InChI is InChI=1S/C17H17ClN4O4S/c1-11-17(22-26-21-11)25-8-7-20-27(23,24)16-6-5-13(10-15(16)18)12-3-2-4-14(19)9-12/h2-6,9-10,20H,7-8,19H2,1H3. The minimum absolute atomic E-state index is 0.0175. The van der Waals surface area contributed by atoms with Gasteiger partial charge in [0.05, 0.1) is 5.02 Å². The molecule has 0 fully saturated rings. The summed E-state index contributed by atoms with van der Waals surface area (Å²) in [6, 6.07) is 12.0. The van der Waals surface area contributed by atoms with Crippen LogP contribution >= 0.6 is 11.6 Å². The highest BCUT2D eigenvalue weighted by atomic mass is 35.5. The van der Waals surface area contributed by atoms with Crippen LogP contribution in [0.25, 0.3) is 11.1 Å². The van der Waals surface area contributed by atoms with Crippen molar-refractivity contribution in [2.75, 3.05) is 18.9 Å². The highest BCUT2D eigenvalue weighted by Crippen LogP contribution is 2.29. The second-order valence-corrected chi connectivity index (χ2v) is 7.81. The van der Waals surface area contributed by atoms with Crippen LogP contribution in [0.4, 0.5) is 5.69 Å². The number of aromatic nitrogens is 2. The summed E-state index contributed by atoms with van der Waals surface area (Å²) in [6.07, 6.45) is 0. The predicted molar refractivity (Wildman–Crippen MR) is 101 cm³/mol. The predicted octanol–water partition coefficient (Wildman–Crippen LogP) is 2.64. The molecule has 27 heavy (non-hydrogen) atoms. The molecule has 0 saturated carbocycles. The Labute approximate surface area is 161 Å². The molecule has 0 amide bonds. The zero-order chi connectivity index (χ0) is 19.4. The summed E-state index contributed by atoms with van der Waals surface area (Å²) in [7, 11) is -3.80. The molecular formula is C17H17ClN4O4S.